The van der Waals surface area contributed by atoms with E-state index in [2.05, 4.69) is 10.6 Å². The van der Waals surface area contributed by atoms with Gasteiger partial charge in [-0.25, -0.2) is 0 Å². The van der Waals surface area contributed by atoms with Gasteiger partial charge in [-0.2, -0.15) is 0 Å². The van der Waals surface area contributed by atoms with Crippen molar-refractivity contribution in [2.75, 3.05) is 47.4 Å². The number of ether oxygens (including phenoxy) is 1. The van der Waals surface area contributed by atoms with E-state index in [9.17, 15) is 4.79 Å². The Morgan fingerprint density at radius 1 is 1.30 bits per heavy atom. The zero-order chi connectivity index (χ0) is 16.4. The number of halogens is 1. The Morgan fingerprint density at radius 2 is 2.00 bits per heavy atom. The molecule has 0 heterocycles. The van der Waals surface area contributed by atoms with Crippen LogP contribution in [0.5, 0.6) is 0 Å². The van der Waals surface area contributed by atoms with E-state index in [1.807, 2.05) is 6.92 Å². The molecule has 0 radical (unpaired) electrons. The third-order valence-corrected chi connectivity index (χ3v) is 4.30. The van der Waals surface area contributed by atoms with Crippen LogP contribution in [0.4, 0.5) is 0 Å². The van der Waals surface area contributed by atoms with Gasteiger partial charge in [-0.3, -0.25) is 9.79 Å². The summed E-state index contributed by atoms with van der Waals surface area (Å²) in [4.78, 5) is 17.9. The number of aliphatic imine (C=N–C) groups is 1. The second-order valence-electron chi connectivity index (χ2n) is 6.26. The van der Waals surface area contributed by atoms with Gasteiger partial charge in [-0.05, 0) is 31.6 Å². The maximum atomic E-state index is 11.6. The van der Waals surface area contributed by atoms with E-state index in [4.69, 9.17) is 9.73 Å². The topological polar surface area (TPSA) is 66.0 Å². The lowest BCUT2D eigenvalue weighted by atomic mass is 9.67. The molecule has 0 spiro atoms. The highest BCUT2D eigenvalue weighted by molar-refractivity contribution is 14.0. The number of hydrogen-bond acceptors (Lipinski definition) is 3. The molecule has 1 rings (SSSR count). The van der Waals surface area contributed by atoms with Gasteiger partial charge in [0, 0.05) is 53.9 Å². The van der Waals surface area contributed by atoms with E-state index >= 15 is 0 Å². The fourth-order valence-corrected chi connectivity index (χ4v) is 2.58. The van der Waals surface area contributed by atoms with Crippen LogP contribution in [0.3, 0.4) is 0 Å². The van der Waals surface area contributed by atoms with E-state index in [1.54, 1.807) is 26.1 Å². The number of methoxy groups -OCH3 is 1. The second kappa shape index (κ2) is 11.9. The Hall–Kier alpha value is -0.570. The van der Waals surface area contributed by atoms with Gasteiger partial charge in [0.15, 0.2) is 5.96 Å². The van der Waals surface area contributed by atoms with Crippen molar-refractivity contribution >= 4 is 35.8 Å². The summed E-state index contributed by atoms with van der Waals surface area (Å²) in [6.45, 7) is 5.10. The molecule has 1 saturated carbocycles. The number of nitrogens with one attached hydrogen (secondary N) is 2. The molecular weight excluding hydrogens is 407 g/mol. The molecule has 0 aliphatic heterocycles. The van der Waals surface area contributed by atoms with Crippen LogP contribution < -0.4 is 10.6 Å². The van der Waals surface area contributed by atoms with E-state index < -0.39 is 0 Å². The zero-order valence-corrected chi connectivity index (χ0v) is 17.3. The Balaban J connectivity index is 0.00000484. The first-order valence-corrected chi connectivity index (χ1v) is 8.24. The predicted molar refractivity (Wildman–Crippen MR) is 105 cm³/mol. The van der Waals surface area contributed by atoms with Crippen LogP contribution in [0.25, 0.3) is 0 Å². The molecule has 0 bridgehead atoms. The van der Waals surface area contributed by atoms with Crippen molar-refractivity contribution in [2.24, 2.45) is 10.4 Å². The van der Waals surface area contributed by atoms with Crippen LogP contribution in [-0.4, -0.2) is 64.2 Å². The van der Waals surface area contributed by atoms with Crippen molar-refractivity contribution in [1.29, 1.82) is 0 Å². The standard InChI is InChI=1S/C16H32N4O2.HI/c1-5-17-15(18-11-7-14(21)20(2)3)19-13-16(8-6-9-16)10-12-22-4;/h5-13H2,1-4H3,(H2,17,18,19);1H. The van der Waals surface area contributed by atoms with Crippen LogP contribution >= 0.6 is 24.0 Å². The lowest BCUT2D eigenvalue weighted by Gasteiger charge is -2.40. The molecule has 1 fully saturated rings. The molecule has 2 N–H and O–H groups in total. The average molecular weight is 440 g/mol. The van der Waals surface area contributed by atoms with Gasteiger partial charge in [0.1, 0.15) is 0 Å². The smallest absolute Gasteiger partial charge is 0.223 e. The Labute approximate surface area is 157 Å². The van der Waals surface area contributed by atoms with Gasteiger partial charge >= 0.3 is 0 Å². The number of guanidine groups is 1. The third kappa shape index (κ3) is 8.19. The lowest BCUT2D eigenvalue weighted by Crippen LogP contribution is -2.41. The van der Waals surface area contributed by atoms with Crippen molar-refractivity contribution in [3.63, 3.8) is 0 Å². The molecule has 0 aromatic carbocycles. The molecule has 1 amide bonds. The summed E-state index contributed by atoms with van der Waals surface area (Å²) in [6, 6.07) is 0. The summed E-state index contributed by atoms with van der Waals surface area (Å²) >= 11 is 0. The lowest BCUT2D eigenvalue weighted by molar-refractivity contribution is -0.128. The Bertz CT molecular complexity index is 371. The average Bonchev–Trinajstić information content (AvgIpc) is 2.45. The fraction of sp³-hybridized carbons (Fsp3) is 0.875. The summed E-state index contributed by atoms with van der Waals surface area (Å²) < 4.78 is 5.22. The van der Waals surface area contributed by atoms with E-state index in [0.717, 1.165) is 32.1 Å². The first kappa shape index (κ1) is 22.4. The molecule has 0 unspecified atom stereocenters. The number of carbonyl (C=O) groups excluding carboxylic acids is 1. The minimum Gasteiger partial charge on any atom is -0.385 e. The molecular formula is C16H33IN4O2. The predicted octanol–water partition coefficient (Wildman–Crippen LogP) is 1.84. The summed E-state index contributed by atoms with van der Waals surface area (Å²) in [5, 5.41) is 6.49. The molecule has 0 aromatic heterocycles. The van der Waals surface area contributed by atoms with Gasteiger partial charge in [-0.1, -0.05) is 6.42 Å². The minimum atomic E-state index is 0. The van der Waals surface area contributed by atoms with E-state index in [0.29, 0.717) is 18.4 Å². The number of rotatable bonds is 9. The van der Waals surface area contributed by atoms with E-state index in [1.165, 1.54) is 19.3 Å². The maximum Gasteiger partial charge on any atom is 0.223 e. The largest absolute Gasteiger partial charge is 0.385 e. The molecule has 1 aliphatic rings. The quantitative estimate of drug-likeness (QED) is 0.326. The molecule has 0 aromatic rings. The number of carbonyl (C=O) groups is 1. The minimum absolute atomic E-state index is 0. The van der Waals surface area contributed by atoms with Gasteiger partial charge in [0.25, 0.3) is 0 Å². The summed E-state index contributed by atoms with van der Waals surface area (Å²) in [7, 11) is 5.30. The van der Waals surface area contributed by atoms with Crippen LogP contribution in [0.15, 0.2) is 4.99 Å². The molecule has 136 valence electrons. The molecule has 0 saturated heterocycles. The fourth-order valence-electron chi connectivity index (χ4n) is 2.58. The van der Waals surface area contributed by atoms with Crippen LogP contribution in [0, 0.1) is 5.41 Å². The second-order valence-corrected chi connectivity index (χ2v) is 6.26. The van der Waals surface area contributed by atoms with Gasteiger partial charge in [0.2, 0.25) is 5.91 Å². The maximum absolute atomic E-state index is 11.6. The van der Waals surface area contributed by atoms with Crippen LogP contribution in [0.2, 0.25) is 0 Å². The van der Waals surface area contributed by atoms with Gasteiger partial charge in [0.05, 0.1) is 0 Å². The van der Waals surface area contributed by atoms with Crippen molar-refractivity contribution in [1.82, 2.24) is 15.5 Å². The Morgan fingerprint density at radius 3 is 2.48 bits per heavy atom. The Kier molecular flexibility index (Phi) is 11.6. The van der Waals surface area contributed by atoms with Gasteiger partial charge in [-0.15, -0.1) is 24.0 Å². The number of hydrogen-bond donors (Lipinski definition) is 2. The highest BCUT2D eigenvalue weighted by atomic mass is 127. The molecule has 0 atom stereocenters. The molecule has 6 nitrogen and oxygen atoms in total. The first-order valence-electron chi connectivity index (χ1n) is 8.24. The number of amides is 1. The van der Waals surface area contributed by atoms with Crippen molar-refractivity contribution in [3.05, 3.63) is 0 Å². The van der Waals surface area contributed by atoms with Gasteiger partial charge < -0.3 is 20.3 Å². The molecule has 7 heteroatoms. The summed E-state index contributed by atoms with van der Waals surface area (Å²) in [6.07, 6.45) is 5.31. The van der Waals surface area contributed by atoms with Crippen molar-refractivity contribution in [2.45, 2.75) is 39.0 Å². The van der Waals surface area contributed by atoms with Crippen molar-refractivity contribution in [3.8, 4) is 0 Å². The molecule has 1 aliphatic carbocycles. The van der Waals surface area contributed by atoms with Crippen LogP contribution in [-0.2, 0) is 9.53 Å². The first-order chi connectivity index (χ1) is 10.5. The highest BCUT2D eigenvalue weighted by Crippen LogP contribution is 2.44. The monoisotopic (exact) mass is 440 g/mol. The third-order valence-electron chi connectivity index (χ3n) is 4.30. The number of nitrogens with zero attached hydrogens (tertiary/aromatic N) is 2. The summed E-state index contributed by atoms with van der Waals surface area (Å²) in [5.41, 5.74) is 0.317. The molecule has 23 heavy (non-hydrogen) atoms. The zero-order valence-electron chi connectivity index (χ0n) is 15.0. The van der Waals surface area contributed by atoms with Crippen molar-refractivity contribution < 1.29 is 9.53 Å². The van der Waals surface area contributed by atoms with Crippen LogP contribution in [0.1, 0.15) is 39.0 Å². The SMILES string of the molecule is CCNC(=NCC1(CCOC)CCC1)NCCC(=O)N(C)C.I. The highest BCUT2D eigenvalue weighted by Gasteiger charge is 2.36. The van der Waals surface area contributed by atoms with E-state index in [-0.39, 0.29) is 29.9 Å². The normalized spacial score (nSPS) is 16.1. The summed E-state index contributed by atoms with van der Waals surface area (Å²) in [5.74, 6) is 0.927.